The molecule has 2 aromatic rings. The largest absolute Gasteiger partial charge is 0.497 e. The normalized spacial score (nSPS) is 21.1. The van der Waals surface area contributed by atoms with Gasteiger partial charge in [-0.25, -0.2) is 0 Å². The first-order valence-corrected chi connectivity index (χ1v) is 6.91. The van der Waals surface area contributed by atoms with Crippen molar-refractivity contribution in [2.24, 2.45) is 5.73 Å². The van der Waals surface area contributed by atoms with Crippen LogP contribution in [0, 0.1) is 6.92 Å². The topological polar surface area (TPSA) is 55.6 Å². The Morgan fingerprint density at radius 3 is 2.52 bits per heavy atom. The van der Waals surface area contributed by atoms with Crippen molar-refractivity contribution < 1.29 is 9.53 Å². The number of anilines is 1. The lowest BCUT2D eigenvalue weighted by Crippen LogP contribution is -2.63. The third-order valence-electron chi connectivity index (χ3n) is 3.89. The zero-order chi connectivity index (χ0) is 15.0. The summed E-state index contributed by atoms with van der Waals surface area (Å²) in [7, 11) is 1.63. The minimum Gasteiger partial charge on any atom is -0.497 e. The van der Waals surface area contributed by atoms with Crippen molar-refractivity contribution in [3.63, 3.8) is 0 Å². The molecule has 1 amide bonds. The molecule has 4 nitrogen and oxygen atoms in total. The van der Waals surface area contributed by atoms with E-state index in [1.807, 2.05) is 55.5 Å². The lowest BCUT2D eigenvalue weighted by molar-refractivity contribution is -0.126. The zero-order valence-corrected chi connectivity index (χ0v) is 12.1. The first-order chi connectivity index (χ1) is 10.1. The fourth-order valence-corrected chi connectivity index (χ4v) is 2.69. The Kier molecular flexibility index (Phi) is 3.39. The average molecular weight is 282 g/mol. The van der Waals surface area contributed by atoms with Crippen LogP contribution in [0.5, 0.6) is 5.75 Å². The monoisotopic (exact) mass is 282 g/mol. The van der Waals surface area contributed by atoms with Crippen molar-refractivity contribution in [1.82, 2.24) is 0 Å². The van der Waals surface area contributed by atoms with Gasteiger partial charge in [-0.3, -0.25) is 4.79 Å². The van der Waals surface area contributed by atoms with Crippen LogP contribution in [0.25, 0.3) is 0 Å². The van der Waals surface area contributed by atoms with Crippen LogP contribution < -0.4 is 15.4 Å². The number of amides is 1. The Morgan fingerprint density at radius 1 is 1.14 bits per heavy atom. The van der Waals surface area contributed by atoms with E-state index < -0.39 is 6.04 Å². The minimum atomic E-state index is -0.501. The molecule has 1 aliphatic heterocycles. The number of hydrogen-bond acceptors (Lipinski definition) is 3. The van der Waals surface area contributed by atoms with Gasteiger partial charge in [-0.15, -0.1) is 0 Å². The summed E-state index contributed by atoms with van der Waals surface area (Å²) in [6, 6.07) is 14.9. The summed E-state index contributed by atoms with van der Waals surface area (Å²) in [5, 5.41) is 0. The Bertz CT molecular complexity index is 667. The van der Waals surface area contributed by atoms with Gasteiger partial charge in [-0.05, 0) is 36.8 Å². The highest BCUT2D eigenvalue weighted by Crippen LogP contribution is 2.38. The van der Waals surface area contributed by atoms with E-state index in [0.29, 0.717) is 0 Å². The summed E-state index contributed by atoms with van der Waals surface area (Å²) < 4.78 is 5.25. The lowest BCUT2D eigenvalue weighted by atomic mass is 9.88. The smallest absolute Gasteiger partial charge is 0.247 e. The second-order valence-corrected chi connectivity index (χ2v) is 5.29. The first-order valence-electron chi connectivity index (χ1n) is 6.91. The van der Waals surface area contributed by atoms with Gasteiger partial charge in [0.1, 0.15) is 11.8 Å². The standard InChI is InChI=1S/C17H18N2O2/c1-11-6-8-13(9-7-11)19-16(15(18)17(19)20)12-4-3-5-14(10-12)21-2/h3-10,15-16H,18H2,1-2H3/t15-,16-/m0/s1. The minimum absolute atomic E-state index is 0.0494. The quantitative estimate of drug-likeness (QED) is 0.880. The molecule has 0 aromatic heterocycles. The molecule has 0 radical (unpaired) electrons. The number of rotatable bonds is 3. The van der Waals surface area contributed by atoms with E-state index >= 15 is 0 Å². The van der Waals surface area contributed by atoms with E-state index in [9.17, 15) is 4.79 Å². The molecule has 2 atom stereocenters. The molecule has 3 rings (SSSR count). The molecular weight excluding hydrogens is 264 g/mol. The predicted molar refractivity (Wildman–Crippen MR) is 82.4 cm³/mol. The van der Waals surface area contributed by atoms with Crippen LogP contribution in [0.3, 0.4) is 0 Å². The second-order valence-electron chi connectivity index (χ2n) is 5.29. The molecule has 4 heteroatoms. The van der Waals surface area contributed by atoms with Crippen LogP contribution in [0.4, 0.5) is 5.69 Å². The van der Waals surface area contributed by atoms with Gasteiger partial charge in [-0.2, -0.15) is 0 Å². The molecule has 0 aliphatic carbocycles. The van der Waals surface area contributed by atoms with Gasteiger partial charge in [-0.1, -0.05) is 29.8 Å². The number of benzene rings is 2. The summed E-state index contributed by atoms with van der Waals surface area (Å²) in [6.45, 7) is 2.02. The van der Waals surface area contributed by atoms with Gasteiger partial charge in [0.15, 0.2) is 0 Å². The fourth-order valence-electron chi connectivity index (χ4n) is 2.69. The van der Waals surface area contributed by atoms with Crippen LogP contribution in [-0.4, -0.2) is 19.1 Å². The van der Waals surface area contributed by atoms with E-state index in [4.69, 9.17) is 10.5 Å². The summed E-state index contributed by atoms with van der Waals surface area (Å²) in [4.78, 5) is 13.9. The molecule has 0 unspecified atom stereocenters. The number of ether oxygens (including phenoxy) is 1. The van der Waals surface area contributed by atoms with Crippen LogP contribution in [0.15, 0.2) is 48.5 Å². The van der Waals surface area contributed by atoms with Crippen molar-refractivity contribution >= 4 is 11.6 Å². The number of hydrogen-bond donors (Lipinski definition) is 1. The lowest BCUT2D eigenvalue weighted by Gasteiger charge is -2.45. The maximum absolute atomic E-state index is 12.2. The number of carbonyl (C=O) groups excluding carboxylic acids is 1. The third-order valence-corrected chi connectivity index (χ3v) is 3.89. The highest BCUT2D eigenvalue weighted by Gasteiger charge is 2.46. The predicted octanol–water partition coefficient (Wildman–Crippen LogP) is 2.42. The summed E-state index contributed by atoms with van der Waals surface area (Å²) in [6.07, 6.45) is 0. The molecule has 0 spiro atoms. The number of aryl methyl sites for hydroxylation is 1. The highest BCUT2D eigenvalue weighted by molar-refractivity contribution is 6.05. The van der Waals surface area contributed by atoms with Crippen LogP contribution in [0.2, 0.25) is 0 Å². The zero-order valence-electron chi connectivity index (χ0n) is 12.1. The molecule has 2 N–H and O–H groups in total. The maximum atomic E-state index is 12.2. The van der Waals surface area contributed by atoms with Crippen LogP contribution >= 0.6 is 0 Å². The van der Waals surface area contributed by atoms with Crippen molar-refractivity contribution in [3.8, 4) is 5.75 Å². The molecule has 2 aromatic carbocycles. The SMILES string of the molecule is COc1cccc([C@H]2[C@H](N)C(=O)N2c2ccc(C)cc2)c1. The number of β-lactam (4-membered cyclic amide) rings is 1. The molecule has 0 bridgehead atoms. The summed E-state index contributed by atoms with van der Waals surface area (Å²) in [5.41, 5.74) is 9.04. The van der Waals surface area contributed by atoms with Crippen molar-refractivity contribution in [2.75, 3.05) is 12.0 Å². The molecule has 21 heavy (non-hydrogen) atoms. The summed E-state index contributed by atoms with van der Waals surface area (Å²) >= 11 is 0. The second kappa shape index (κ2) is 5.22. The molecular formula is C17H18N2O2. The number of carbonyl (C=O) groups is 1. The van der Waals surface area contributed by atoms with Gasteiger partial charge >= 0.3 is 0 Å². The third kappa shape index (κ3) is 2.28. The Labute approximate surface area is 124 Å². The first kappa shape index (κ1) is 13.6. The van der Waals surface area contributed by atoms with Crippen molar-refractivity contribution in [1.29, 1.82) is 0 Å². The van der Waals surface area contributed by atoms with E-state index in [2.05, 4.69) is 0 Å². The van der Waals surface area contributed by atoms with E-state index in [-0.39, 0.29) is 11.9 Å². The Balaban J connectivity index is 1.96. The fraction of sp³-hybridized carbons (Fsp3) is 0.235. The Hall–Kier alpha value is -2.33. The van der Waals surface area contributed by atoms with E-state index in [1.54, 1.807) is 12.0 Å². The van der Waals surface area contributed by atoms with Gasteiger partial charge in [0.2, 0.25) is 5.91 Å². The molecule has 108 valence electrons. The van der Waals surface area contributed by atoms with Crippen LogP contribution in [0.1, 0.15) is 17.2 Å². The maximum Gasteiger partial charge on any atom is 0.247 e. The number of nitrogens with zero attached hydrogens (tertiary/aromatic N) is 1. The molecule has 0 saturated carbocycles. The summed E-state index contributed by atoms with van der Waals surface area (Å²) in [5.74, 6) is 0.717. The van der Waals surface area contributed by atoms with Gasteiger partial charge in [0.25, 0.3) is 0 Å². The molecule has 1 aliphatic rings. The number of methoxy groups -OCH3 is 1. The molecule has 1 heterocycles. The highest BCUT2D eigenvalue weighted by atomic mass is 16.5. The van der Waals surface area contributed by atoms with Crippen molar-refractivity contribution in [2.45, 2.75) is 19.0 Å². The van der Waals surface area contributed by atoms with Crippen LogP contribution in [-0.2, 0) is 4.79 Å². The average Bonchev–Trinajstić information content (AvgIpc) is 2.52. The van der Waals surface area contributed by atoms with E-state index in [1.165, 1.54) is 0 Å². The van der Waals surface area contributed by atoms with Gasteiger partial charge < -0.3 is 15.4 Å². The molecule has 1 fully saturated rings. The van der Waals surface area contributed by atoms with Gasteiger partial charge in [0.05, 0.1) is 13.2 Å². The number of nitrogens with two attached hydrogens (primary N) is 1. The van der Waals surface area contributed by atoms with Gasteiger partial charge in [0, 0.05) is 5.69 Å². The Morgan fingerprint density at radius 2 is 1.86 bits per heavy atom. The van der Waals surface area contributed by atoms with E-state index in [0.717, 1.165) is 22.6 Å². The molecule has 1 saturated heterocycles. The van der Waals surface area contributed by atoms with Crippen molar-refractivity contribution in [3.05, 3.63) is 59.7 Å².